The van der Waals surface area contributed by atoms with E-state index >= 15 is 0 Å². The third-order valence-corrected chi connectivity index (χ3v) is 14.2. The molecule has 6 heteroatoms. The van der Waals surface area contributed by atoms with Crippen molar-refractivity contribution in [3.8, 4) is 0 Å². The van der Waals surface area contributed by atoms with E-state index in [2.05, 4.69) is 58.4 Å². The number of ether oxygens (including phenoxy) is 1. The highest BCUT2D eigenvalue weighted by molar-refractivity contribution is 6.07. The number of rotatable bonds is 5. The molecular formula is C37H52N2O4. The first-order chi connectivity index (χ1) is 20.1. The van der Waals surface area contributed by atoms with Crippen molar-refractivity contribution in [3.63, 3.8) is 0 Å². The molecule has 0 bridgehead atoms. The third-order valence-electron chi connectivity index (χ3n) is 14.2. The van der Waals surface area contributed by atoms with Crippen LogP contribution in [0.25, 0.3) is 0 Å². The highest BCUT2D eigenvalue weighted by atomic mass is 16.5. The van der Waals surface area contributed by atoms with E-state index in [0.717, 1.165) is 56.9 Å². The van der Waals surface area contributed by atoms with Crippen LogP contribution in [0.3, 0.4) is 0 Å². The molecule has 4 fully saturated rings. The van der Waals surface area contributed by atoms with E-state index in [0.29, 0.717) is 24.0 Å². The minimum absolute atomic E-state index is 0.0111. The number of esters is 1. The Morgan fingerprint density at radius 3 is 2.33 bits per heavy atom. The number of hydrogen-bond donors (Lipinski definition) is 0. The van der Waals surface area contributed by atoms with Crippen molar-refractivity contribution < 1.29 is 19.1 Å². The molecular weight excluding hydrogens is 536 g/mol. The van der Waals surface area contributed by atoms with E-state index in [-0.39, 0.29) is 63.6 Å². The van der Waals surface area contributed by atoms with Gasteiger partial charge in [-0.25, -0.2) is 0 Å². The fourth-order valence-electron chi connectivity index (χ4n) is 12.1. The van der Waals surface area contributed by atoms with E-state index in [1.165, 1.54) is 5.57 Å². The van der Waals surface area contributed by atoms with Gasteiger partial charge < -0.3 is 4.74 Å². The molecule has 0 amide bonds. The second-order valence-electron chi connectivity index (χ2n) is 16.5. The summed E-state index contributed by atoms with van der Waals surface area (Å²) >= 11 is 0. The molecule has 0 aliphatic heterocycles. The van der Waals surface area contributed by atoms with E-state index in [1.807, 2.05) is 0 Å². The van der Waals surface area contributed by atoms with Crippen molar-refractivity contribution in [2.75, 3.05) is 0 Å². The lowest BCUT2D eigenvalue weighted by atomic mass is 9.33. The monoisotopic (exact) mass is 588 g/mol. The Morgan fingerprint density at radius 1 is 0.930 bits per heavy atom. The topological polar surface area (TPSA) is 86.2 Å². The zero-order valence-electron chi connectivity index (χ0n) is 27.7. The van der Waals surface area contributed by atoms with Crippen LogP contribution in [0, 0.1) is 50.7 Å². The fraction of sp³-hybridized carbons (Fsp3) is 0.757. The summed E-state index contributed by atoms with van der Waals surface area (Å²) in [7, 11) is 0. The molecule has 5 aliphatic carbocycles. The maximum Gasteiger partial charge on any atom is 0.302 e. The molecule has 4 saturated carbocycles. The molecule has 234 valence electrons. The molecule has 5 aliphatic rings. The Labute approximate surface area is 258 Å². The summed E-state index contributed by atoms with van der Waals surface area (Å²) in [5, 5.41) is 0. The number of carbonyl (C=O) groups is 3. The predicted molar refractivity (Wildman–Crippen MR) is 166 cm³/mol. The minimum atomic E-state index is -0.702. The molecule has 43 heavy (non-hydrogen) atoms. The molecule has 8 atom stereocenters. The summed E-state index contributed by atoms with van der Waals surface area (Å²) in [6.45, 7) is 18.1. The van der Waals surface area contributed by atoms with Crippen molar-refractivity contribution in [3.05, 3.63) is 35.4 Å². The molecule has 1 aromatic heterocycles. The largest absolute Gasteiger partial charge is 0.462 e. The van der Waals surface area contributed by atoms with Crippen LogP contribution in [0.5, 0.6) is 0 Å². The molecule has 0 unspecified atom stereocenters. The number of carbonyl (C=O) groups excluding carboxylic acids is 3. The summed E-state index contributed by atoms with van der Waals surface area (Å²) in [6.07, 6.45) is 13.6. The van der Waals surface area contributed by atoms with Crippen molar-refractivity contribution in [2.24, 2.45) is 50.7 Å². The van der Waals surface area contributed by atoms with Crippen LogP contribution in [-0.4, -0.2) is 33.6 Å². The molecule has 0 saturated heterocycles. The van der Waals surface area contributed by atoms with E-state index in [9.17, 15) is 14.4 Å². The predicted octanol–water partition coefficient (Wildman–Crippen LogP) is 7.50. The summed E-state index contributed by atoms with van der Waals surface area (Å²) in [5.74, 6) is 1.56. The van der Waals surface area contributed by atoms with Gasteiger partial charge in [0, 0.05) is 37.4 Å². The molecule has 6 nitrogen and oxygen atoms in total. The highest BCUT2D eigenvalue weighted by Gasteiger charge is 2.70. The maximum atomic E-state index is 14.4. The van der Waals surface area contributed by atoms with Crippen LogP contribution in [0.15, 0.2) is 29.7 Å². The Hall–Kier alpha value is -2.37. The molecule has 0 radical (unpaired) electrons. The van der Waals surface area contributed by atoms with E-state index < -0.39 is 5.41 Å². The number of nitrogens with zero attached hydrogens (tertiary/aromatic N) is 2. The zero-order chi connectivity index (χ0) is 31.2. The van der Waals surface area contributed by atoms with Gasteiger partial charge in [0.05, 0.1) is 17.5 Å². The Balaban J connectivity index is 1.39. The second-order valence-corrected chi connectivity index (χ2v) is 16.5. The highest BCUT2D eigenvalue weighted by Crippen LogP contribution is 2.76. The lowest BCUT2D eigenvalue weighted by Gasteiger charge is -2.72. The number of hydrogen-bond acceptors (Lipinski definition) is 6. The quantitative estimate of drug-likeness (QED) is 0.331. The normalized spacial score (nSPS) is 41.7. The smallest absolute Gasteiger partial charge is 0.302 e. The lowest BCUT2D eigenvalue weighted by Crippen LogP contribution is -2.66. The SMILES string of the molecule is CC(=O)O[C@H]1CC[C@]2(C)[C@H]3CC[C@@H]4C5=C(C(C)C)C(=O)C[C@]5(C(=O)Cc5cnccn5)CC[C@@]4(C)[C@]3(C)CC[C@H]2C1(C)C. The average Bonchev–Trinajstić information content (AvgIpc) is 3.24. The van der Waals surface area contributed by atoms with Gasteiger partial charge in [0.1, 0.15) is 11.9 Å². The summed E-state index contributed by atoms with van der Waals surface area (Å²) in [5.41, 5.74) is 2.36. The Kier molecular flexibility index (Phi) is 7.18. The van der Waals surface area contributed by atoms with Gasteiger partial charge in [-0.1, -0.05) is 48.5 Å². The van der Waals surface area contributed by atoms with E-state index in [1.54, 1.807) is 25.5 Å². The summed E-state index contributed by atoms with van der Waals surface area (Å²) < 4.78 is 5.92. The first-order valence-electron chi connectivity index (χ1n) is 16.8. The summed E-state index contributed by atoms with van der Waals surface area (Å²) in [4.78, 5) is 48.8. The van der Waals surface area contributed by atoms with Gasteiger partial charge in [0.25, 0.3) is 0 Å². The molecule has 6 rings (SSSR count). The first-order valence-corrected chi connectivity index (χ1v) is 16.8. The van der Waals surface area contributed by atoms with Crippen LogP contribution in [0.4, 0.5) is 0 Å². The standard InChI is InChI=1S/C37H52N2O4/c1-22(2)31-26(41)20-37(29(42)19-24-21-38-17-18-39-24)16-15-35(7)25(32(31)37)9-10-28-34(6)13-12-30(43-23(3)40)33(4,5)27(34)11-14-36(28,35)8/h17-18,21-22,25,27-28,30H,9-16,19-20H2,1-8H3/t25-,27+,28-,30+,34+,35-,36-,37+/m1/s1. The van der Waals surface area contributed by atoms with Crippen LogP contribution in [0.1, 0.15) is 119 Å². The number of fused-ring (bicyclic) bond motifs is 7. The second kappa shape index (κ2) is 10.1. The molecule has 0 aromatic carbocycles. The minimum Gasteiger partial charge on any atom is -0.462 e. The summed E-state index contributed by atoms with van der Waals surface area (Å²) in [6, 6.07) is 0. The van der Waals surface area contributed by atoms with Gasteiger partial charge >= 0.3 is 5.97 Å². The molecule has 1 aromatic rings. The maximum absolute atomic E-state index is 14.4. The van der Waals surface area contributed by atoms with Crippen molar-refractivity contribution in [1.29, 1.82) is 0 Å². The average molecular weight is 589 g/mol. The third kappa shape index (κ3) is 4.20. The van der Waals surface area contributed by atoms with Crippen LogP contribution in [-0.2, 0) is 25.5 Å². The van der Waals surface area contributed by atoms with Gasteiger partial charge in [-0.05, 0) is 102 Å². The van der Waals surface area contributed by atoms with Gasteiger partial charge in [-0.2, -0.15) is 0 Å². The van der Waals surface area contributed by atoms with Gasteiger partial charge in [-0.15, -0.1) is 0 Å². The molecule has 1 heterocycles. The lowest BCUT2D eigenvalue weighted by molar-refractivity contribution is -0.232. The number of ketones is 2. The number of Topliss-reactive ketones (excluding diaryl/α,β-unsaturated/α-hetero) is 2. The molecule has 0 N–H and O–H groups in total. The van der Waals surface area contributed by atoms with Crippen LogP contribution < -0.4 is 0 Å². The van der Waals surface area contributed by atoms with E-state index in [4.69, 9.17) is 4.74 Å². The van der Waals surface area contributed by atoms with Crippen LogP contribution >= 0.6 is 0 Å². The van der Waals surface area contributed by atoms with Crippen molar-refractivity contribution >= 4 is 17.5 Å². The van der Waals surface area contributed by atoms with Crippen LogP contribution in [0.2, 0.25) is 0 Å². The number of aromatic nitrogens is 2. The first kappa shape index (κ1) is 30.6. The fourth-order valence-corrected chi connectivity index (χ4v) is 12.1. The van der Waals surface area contributed by atoms with Gasteiger partial charge in [0.2, 0.25) is 0 Å². The Bertz CT molecular complexity index is 1370. The van der Waals surface area contributed by atoms with Gasteiger partial charge in [0.15, 0.2) is 5.78 Å². The van der Waals surface area contributed by atoms with Crippen molar-refractivity contribution in [1.82, 2.24) is 9.97 Å². The zero-order valence-corrected chi connectivity index (χ0v) is 27.7. The number of allylic oxidation sites excluding steroid dienone is 2. The van der Waals surface area contributed by atoms with Crippen molar-refractivity contribution in [2.45, 2.75) is 126 Å². The molecule has 0 spiro atoms. The Morgan fingerprint density at radius 2 is 1.67 bits per heavy atom. The van der Waals surface area contributed by atoms with Gasteiger partial charge in [-0.3, -0.25) is 24.4 Å².